The van der Waals surface area contributed by atoms with Gasteiger partial charge in [-0.25, -0.2) is 4.79 Å². The highest BCUT2D eigenvalue weighted by molar-refractivity contribution is 5.74. The summed E-state index contributed by atoms with van der Waals surface area (Å²) < 4.78 is 11.1. The van der Waals surface area contributed by atoms with E-state index < -0.39 is 0 Å². The van der Waals surface area contributed by atoms with E-state index in [-0.39, 0.29) is 12.1 Å². The Morgan fingerprint density at radius 3 is 2.75 bits per heavy atom. The summed E-state index contributed by atoms with van der Waals surface area (Å²) in [6.07, 6.45) is 5.43. The van der Waals surface area contributed by atoms with Gasteiger partial charge in [0.2, 0.25) is 0 Å². The van der Waals surface area contributed by atoms with Gasteiger partial charge in [-0.2, -0.15) is 0 Å². The molecule has 2 heterocycles. The van der Waals surface area contributed by atoms with Crippen LogP contribution in [0, 0.1) is 5.92 Å². The minimum atomic E-state index is -0.119. The number of amides is 2. The molecule has 2 aliphatic heterocycles. The van der Waals surface area contributed by atoms with Gasteiger partial charge in [0.25, 0.3) is 0 Å². The lowest BCUT2D eigenvalue weighted by Gasteiger charge is -2.32. The largest absolute Gasteiger partial charge is 0.497 e. The number of hydrogen-bond donors (Lipinski definition) is 2. The van der Waals surface area contributed by atoms with E-state index in [1.54, 1.807) is 7.11 Å². The molecule has 0 radical (unpaired) electrons. The van der Waals surface area contributed by atoms with Gasteiger partial charge in [-0.15, -0.1) is 0 Å². The van der Waals surface area contributed by atoms with Crippen molar-refractivity contribution in [2.45, 2.75) is 38.1 Å². The Morgan fingerprint density at radius 1 is 1.16 bits per heavy atom. The van der Waals surface area contributed by atoms with E-state index in [0.717, 1.165) is 55.5 Å². The number of piperidine rings is 1. The van der Waals surface area contributed by atoms with Gasteiger partial charge in [0, 0.05) is 6.54 Å². The average molecular weight is 438 g/mol. The summed E-state index contributed by atoms with van der Waals surface area (Å²) in [5, 5.41) is 6.04. The van der Waals surface area contributed by atoms with Crippen LogP contribution in [0.5, 0.6) is 11.5 Å². The monoisotopic (exact) mass is 437 g/mol. The van der Waals surface area contributed by atoms with Crippen LogP contribution in [-0.4, -0.2) is 56.9 Å². The number of ether oxygens (including phenoxy) is 2. The molecule has 1 atom stereocenters. The number of rotatable bonds is 8. The lowest BCUT2D eigenvalue weighted by atomic mass is 9.90. The Morgan fingerprint density at radius 2 is 1.97 bits per heavy atom. The first-order chi connectivity index (χ1) is 15.7. The number of hydrogen-bond acceptors (Lipinski definition) is 4. The maximum atomic E-state index is 12.3. The third-order valence-corrected chi connectivity index (χ3v) is 6.52. The molecule has 2 N–H and O–H groups in total. The fourth-order valence-electron chi connectivity index (χ4n) is 4.69. The summed E-state index contributed by atoms with van der Waals surface area (Å²) in [7, 11) is 1.65. The predicted molar refractivity (Wildman–Crippen MR) is 126 cm³/mol. The number of methoxy groups -OCH3 is 1. The van der Waals surface area contributed by atoms with Crippen LogP contribution in [0.15, 0.2) is 48.5 Å². The number of carbonyl (C=O) groups excluding carboxylic acids is 1. The minimum Gasteiger partial charge on any atom is -0.497 e. The van der Waals surface area contributed by atoms with Crippen molar-refractivity contribution in [3.8, 4) is 11.5 Å². The first kappa shape index (κ1) is 22.5. The minimum absolute atomic E-state index is 0.0294. The van der Waals surface area contributed by atoms with Gasteiger partial charge < -0.3 is 25.0 Å². The molecule has 6 nitrogen and oxygen atoms in total. The lowest BCUT2D eigenvalue weighted by Crippen LogP contribution is -2.47. The summed E-state index contributed by atoms with van der Waals surface area (Å²) in [6.45, 7) is 4.54. The summed E-state index contributed by atoms with van der Waals surface area (Å²) in [5.41, 5.74) is 2.52. The predicted octanol–water partition coefficient (Wildman–Crippen LogP) is 3.64. The van der Waals surface area contributed by atoms with Gasteiger partial charge in [0.1, 0.15) is 18.1 Å². The number of fused-ring (bicyclic) bond motifs is 1. The van der Waals surface area contributed by atoms with Crippen molar-refractivity contribution in [2.75, 3.05) is 39.9 Å². The van der Waals surface area contributed by atoms with Crippen LogP contribution >= 0.6 is 0 Å². The first-order valence-corrected chi connectivity index (χ1v) is 11.8. The molecule has 172 valence electrons. The van der Waals surface area contributed by atoms with Crippen LogP contribution in [0.2, 0.25) is 0 Å². The average Bonchev–Trinajstić information content (AvgIpc) is 2.83. The maximum absolute atomic E-state index is 12.3. The van der Waals surface area contributed by atoms with E-state index in [1.165, 1.54) is 24.8 Å². The second-order valence-corrected chi connectivity index (χ2v) is 8.91. The molecular weight excluding hydrogens is 402 g/mol. The first-order valence-electron chi connectivity index (χ1n) is 11.8. The van der Waals surface area contributed by atoms with Crippen molar-refractivity contribution >= 4 is 6.03 Å². The van der Waals surface area contributed by atoms with E-state index in [9.17, 15) is 4.79 Å². The molecule has 0 saturated carbocycles. The highest BCUT2D eigenvalue weighted by Gasteiger charge is 2.22. The van der Waals surface area contributed by atoms with Crippen LogP contribution in [0.25, 0.3) is 0 Å². The Labute approximate surface area is 191 Å². The molecule has 0 unspecified atom stereocenters. The van der Waals surface area contributed by atoms with Crippen LogP contribution in [0.3, 0.4) is 0 Å². The normalized spacial score (nSPS) is 19.0. The van der Waals surface area contributed by atoms with Crippen molar-refractivity contribution in [3.63, 3.8) is 0 Å². The zero-order chi connectivity index (χ0) is 22.2. The van der Waals surface area contributed by atoms with Gasteiger partial charge in [-0.1, -0.05) is 30.3 Å². The molecule has 2 aromatic carbocycles. The summed E-state index contributed by atoms with van der Waals surface area (Å²) in [5.74, 6) is 2.47. The zero-order valence-electron chi connectivity index (χ0n) is 19.0. The van der Waals surface area contributed by atoms with Gasteiger partial charge in [-0.3, -0.25) is 0 Å². The highest BCUT2D eigenvalue weighted by Crippen LogP contribution is 2.28. The fourth-order valence-corrected chi connectivity index (χ4v) is 4.69. The topological polar surface area (TPSA) is 62.8 Å². The van der Waals surface area contributed by atoms with Crippen molar-refractivity contribution in [3.05, 3.63) is 59.7 Å². The molecule has 4 rings (SSSR count). The molecular formula is C26H35N3O3. The van der Waals surface area contributed by atoms with Crippen LogP contribution in [0.1, 0.15) is 30.4 Å². The lowest BCUT2D eigenvalue weighted by molar-refractivity contribution is 0.181. The molecule has 0 spiro atoms. The SMILES string of the molecule is COc1ccc2c(c1)C[C@@H](NC(=O)NCCCN1CCC(Cc3ccccc3)CC1)CO2. The second kappa shape index (κ2) is 11.2. The van der Waals surface area contributed by atoms with E-state index in [1.807, 2.05) is 18.2 Å². The maximum Gasteiger partial charge on any atom is 0.315 e. The number of nitrogens with one attached hydrogen (secondary N) is 2. The Hall–Kier alpha value is -2.73. The third kappa shape index (κ3) is 6.39. The molecule has 0 aliphatic carbocycles. The van der Waals surface area contributed by atoms with Gasteiger partial charge in [0.05, 0.1) is 13.2 Å². The summed E-state index contributed by atoms with van der Waals surface area (Å²) in [4.78, 5) is 14.8. The Balaban J connectivity index is 1.09. The highest BCUT2D eigenvalue weighted by atomic mass is 16.5. The number of urea groups is 1. The van der Waals surface area contributed by atoms with Gasteiger partial charge in [0.15, 0.2) is 0 Å². The second-order valence-electron chi connectivity index (χ2n) is 8.91. The summed E-state index contributed by atoms with van der Waals surface area (Å²) >= 11 is 0. The number of benzene rings is 2. The molecule has 1 fully saturated rings. The standard InChI is InChI=1S/C26H35N3O3/c1-31-24-8-9-25-22(18-24)17-23(19-32-25)28-26(30)27-12-5-13-29-14-10-21(11-15-29)16-20-6-3-2-4-7-20/h2-4,6-9,18,21,23H,5,10-17,19H2,1H3,(H2,27,28,30)/t23-/m1/s1. The molecule has 32 heavy (non-hydrogen) atoms. The molecule has 2 aromatic rings. The van der Waals surface area contributed by atoms with E-state index in [2.05, 4.69) is 45.9 Å². The van der Waals surface area contributed by atoms with E-state index in [0.29, 0.717) is 13.2 Å². The van der Waals surface area contributed by atoms with Gasteiger partial charge in [-0.05, 0) is 87.0 Å². The number of carbonyl (C=O) groups is 1. The quantitative estimate of drug-likeness (QED) is 0.619. The molecule has 0 aromatic heterocycles. The molecule has 2 amide bonds. The third-order valence-electron chi connectivity index (χ3n) is 6.52. The zero-order valence-corrected chi connectivity index (χ0v) is 19.0. The van der Waals surface area contributed by atoms with Crippen LogP contribution in [0.4, 0.5) is 4.79 Å². The smallest absolute Gasteiger partial charge is 0.315 e. The van der Waals surface area contributed by atoms with Crippen molar-refractivity contribution in [2.24, 2.45) is 5.92 Å². The van der Waals surface area contributed by atoms with Crippen molar-refractivity contribution in [1.82, 2.24) is 15.5 Å². The van der Waals surface area contributed by atoms with Crippen molar-refractivity contribution < 1.29 is 14.3 Å². The Bertz CT molecular complexity index is 866. The van der Waals surface area contributed by atoms with E-state index >= 15 is 0 Å². The number of nitrogens with zero attached hydrogens (tertiary/aromatic N) is 1. The van der Waals surface area contributed by atoms with E-state index in [4.69, 9.17) is 9.47 Å². The fraction of sp³-hybridized carbons (Fsp3) is 0.500. The Kier molecular flexibility index (Phi) is 7.88. The van der Waals surface area contributed by atoms with Crippen LogP contribution in [-0.2, 0) is 12.8 Å². The van der Waals surface area contributed by atoms with Crippen molar-refractivity contribution in [1.29, 1.82) is 0 Å². The van der Waals surface area contributed by atoms with Gasteiger partial charge >= 0.3 is 6.03 Å². The number of likely N-dealkylation sites (tertiary alicyclic amines) is 1. The van der Waals surface area contributed by atoms with Crippen LogP contribution < -0.4 is 20.1 Å². The molecule has 1 saturated heterocycles. The summed E-state index contributed by atoms with van der Waals surface area (Å²) in [6, 6.07) is 16.5. The molecule has 0 bridgehead atoms. The molecule has 2 aliphatic rings. The molecule has 6 heteroatoms.